The van der Waals surface area contributed by atoms with Gasteiger partial charge in [0, 0.05) is 25.2 Å². The fourth-order valence-electron chi connectivity index (χ4n) is 1.79. The molecular weight excluding hydrogens is 303 g/mol. The summed E-state index contributed by atoms with van der Waals surface area (Å²) >= 11 is 1.06. The van der Waals surface area contributed by atoms with E-state index < -0.39 is 11.9 Å². The standard InChI is InChI=1S/C13H14F3N3OS/c1-17-7-9-12(13(14,15)16)19-11(21-9)5-8-3-4-10(20-2)18-6-8/h3-4,6,17H,5,7H2,1-2H3. The van der Waals surface area contributed by atoms with Gasteiger partial charge in [0.1, 0.15) is 0 Å². The number of rotatable bonds is 5. The van der Waals surface area contributed by atoms with Crippen LogP contribution < -0.4 is 10.1 Å². The van der Waals surface area contributed by atoms with E-state index in [2.05, 4.69) is 15.3 Å². The minimum Gasteiger partial charge on any atom is -0.481 e. The van der Waals surface area contributed by atoms with Crippen LogP contribution in [0.5, 0.6) is 5.88 Å². The minimum absolute atomic E-state index is 0.146. The van der Waals surface area contributed by atoms with Crippen molar-refractivity contribution in [3.63, 3.8) is 0 Å². The van der Waals surface area contributed by atoms with Crippen LogP contribution in [0.4, 0.5) is 13.2 Å². The number of alkyl halides is 3. The number of methoxy groups -OCH3 is 1. The van der Waals surface area contributed by atoms with Gasteiger partial charge < -0.3 is 10.1 Å². The first-order chi connectivity index (χ1) is 9.94. The lowest BCUT2D eigenvalue weighted by atomic mass is 10.2. The molecule has 8 heteroatoms. The van der Waals surface area contributed by atoms with E-state index in [1.165, 1.54) is 7.11 Å². The normalized spacial score (nSPS) is 11.7. The number of aromatic nitrogens is 2. The van der Waals surface area contributed by atoms with Crippen molar-refractivity contribution in [2.45, 2.75) is 19.1 Å². The Labute approximate surface area is 124 Å². The molecule has 2 rings (SSSR count). The lowest BCUT2D eigenvalue weighted by Crippen LogP contribution is -2.12. The highest BCUT2D eigenvalue weighted by atomic mass is 32.1. The molecule has 0 saturated carbocycles. The summed E-state index contributed by atoms with van der Waals surface area (Å²) in [7, 11) is 3.11. The third-order valence-electron chi connectivity index (χ3n) is 2.71. The molecule has 1 N–H and O–H groups in total. The number of ether oxygens (including phenoxy) is 1. The van der Waals surface area contributed by atoms with Crippen molar-refractivity contribution in [3.8, 4) is 5.88 Å². The molecule has 0 unspecified atom stereocenters. The van der Waals surface area contributed by atoms with Crippen molar-refractivity contribution in [2.75, 3.05) is 14.2 Å². The molecule has 2 aromatic heterocycles. The molecule has 0 bridgehead atoms. The maximum absolute atomic E-state index is 12.9. The Morgan fingerprint density at radius 2 is 2.10 bits per heavy atom. The zero-order chi connectivity index (χ0) is 15.5. The van der Waals surface area contributed by atoms with Crippen LogP contribution in [0.1, 0.15) is 21.1 Å². The first-order valence-corrected chi connectivity index (χ1v) is 6.95. The molecule has 2 heterocycles. The van der Waals surface area contributed by atoms with Crippen LogP contribution >= 0.6 is 11.3 Å². The lowest BCUT2D eigenvalue weighted by molar-refractivity contribution is -0.141. The fourth-order valence-corrected chi connectivity index (χ4v) is 2.92. The highest BCUT2D eigenvalue weighted by molar-refractivity contribution is 7.11. The maximum atomic E-state index is 12.9. The van der Waals surface area contributed by atoms with Gasteiger partial charge in [-0.2, -0.15) is 13.2 Å². The summed E-state index contributed by atoms with van der Waals surface area (Å²) in [6.45, 7) is 0.146. The SMILES string of the molecule is CNCc1sc(Cc2ccc(OC)nc2)nc1C(F)(F)F. The molecule has 21 heavy (non-hydrogen) atoms. The average Bonchev–Trinajstić information content (AvgIpc) is 2.83. The van der Waals surface area contributed by atoms with E-state index in [1.807, 2.05) is 0 Å². The predicted molar refractivity (Wildman–Crippen MR) is 73.5 cm³/mol. The Bertz CT molecular complexity index is 596. The third-order valence-corrected chi connectivity index (χ3v) is 3.76. The number of hydrogen-bond acceptors (Lipinski definition) is 5. The van der Waals surface area contributed by atoms with Crippen LogP contribution in [0.15, 0.2) is 18.3 Å². The van der Waals surface area contributed by atoms with Crippen LogP contribution in [-0.4, -0.2) is 24.1 Å². The zero-order valence-corrected chi connectivity index (χ0v) is 12.3. The van der Waals surface area contributed by atoms with E-state index in [1.54, 1.807) is 25.4 Å². The zero-order valence-electron chi connectivity index (χ0n) is 11.5. The van der Waals surface area contributed by atoms with Crippen LogP contribution in [0.25, 0.3) is 0 Å². The summed E-state index contributed by atoms with van der Waals surface area (Å²) in [5, 5.41) is 3.15. The first kappa shape index (κ1) is 15.7. The van der Waals surface area contributed by atoms with Gasteiger partial charge in [-0.25, -0.2) is 9.97 Å². The second kappa shape index (κ2) is 6.40. The molecule has 114 valence electrons. The number of pyridine rings is 1. The number of nitrogens with one attached hydrogen (secondary N) is 1. The maximum Gasteiger partial charge on any atom is 0.434 e. The van der Waals surface area contributed by atoms with E-state index in [-0.39, 0.29) is 11.4 Å². The summed E-state index contributed by atoms with van der Waals surface area (Å²) < 4.78 is 43.7. The molecule has 0 aliphatic rings. The summed E-state index contributed by atoms with van der Waals surface area (Å²) in [6.07, 6.45) is -2.54. The number of halogens is 3. The second-order valence-corrected chi connectivity index (χ2v) is 5.46. The average molecular weight is 317 g/mol. The van der Waals surface area contributed by atoms with E-state index in [4.69, 9.17) is 4.74 Å². The van der Waals surface area contributed by atoms with Gasteiger partial charge in [0.15, 0.2) is 5.69 Å². The quantitative estimate of drug-likeness (QED) is 0.921. The number of thiazole rings is 1. The van der Waals surface area contributed by atoms with Gasteiger partial charge in [-0.1, -0.05) is 6.07 Å². The van der Waals surface area contributed by atoms with Gasteiger partial charge >= 0.3 is 6.18 Å². The Hall–Kier alpha value is -1.67. The largest absolute Gasteiger partial charge is 0.481 e. The number of nitrogens with zero attached hydrogens (tertiary/aromatic N) is 2. The molecule has 0 fully saturated rings. The van der Waals surface area contributed by atoms with Gasteiger partial charge in [-0.3, -0.25) is 0 Å². The highest BCUT2D eigenvalue weighted by Gasteiger charge is 2.37. The summed E-state index contributed by atoms with van der Waals surface area (Å²) in [5.74, 6) is 0.463. The Balaban J connectivity index is 2.23. The van der Waals surface area contributed by atoms with Crippen LogP contribution in [0, 0.1) is 0 Å². The predicted octanol–water partition coefficient (Wildman–Crippen LogP) is 2.88. The lowest BCUT2D eigenvalue weighted by Gasteiger charge is -2.04. The van der Waals surface area contributed by atoms with Crippen LogP contribution in [-0.2, 0) is 19.1 Å². The second-order valence-electron chi connectivity index (χ2n) is 4.29. The van der Waals surface area contributed by atoms with Gasteiger partial charge in [0.05, 0.1) is 17.0 Å². The molecule has 0 spiro atoms. The van der Waals surface area contributed by atoms with Crippen molar-refractivity contribution >= 4 is 11.3 Å². The Kier molecular flexibility index (Phi) is 4.79. The van der Waals surface area contributed by atoms with Crippen molar-refractivity contribution in [3.05, 3.63) is 39.5 Å². The minimum atomic E-state index is -4.43. The molecule has 2 aromatic rings. The molecule has 4 nitrogen and oxygen atoms in total. The number of hydrogen-bond donors (Lipinski definition) is 1. The van der Waals surface area contributed by atoms with Crippen LogP contribution in [0.2, 0.25) is 0 Å². The van der Waals surface area contributed by atoms with Gasteiger partial charge in [-0.15, -0.1) is 11.3 Å². The smallest absolute Gasteiger partial charge is 0.434 e. The summed E-state index contributed by atoms with van der Waals surface area (Å²) in [6, 6.07) is 3.43. The van der Waals surface area contributed by atoms with E-state index in [0.29, 0.717) is 17.3 Å². The molecule has 0 amide bonds. The van der Waals surface area contributed by atoms with Crippen molar-refractivity contribution in [1.29, 1.82) is 0 Å². The molecular formula is C13H14F3N3OS. The van der Waals surface area contributed by atoms with Crippen LogP contribution in [0.3, 0.4) is 0 Å². The molecule has 0 saturated heterocycles. The van der Waals surface area contributed by atoms with Crippen molar-refractivity contribution in [2.24, 2.45) is 0 Å². The van der Waals surface area contributed by atoms with Crippen molar-refractivity contribution in [1.82, 2.24) is 15.3 Å². The van der Waals surface area contributed by atoms with E-state index >= 15 is 0 Å². The van der Waals surface area contributed by atoms with E-state index in [9.17, 15) is 13.2 Å². The first-order valence-electron chi connectivity index (χ1n) is 6.13. The molecule has 0 atom stereocenters. The topological polar surface area (TPSA) is 47.0 Å². The molecule has 0 aliphatic heterocycles. The van der Waals surface area contributed by atoms with Gasteiger partial charge in [-0.05, 0) is 12.6 Å². The molecule has 0 aliphatic carbocycles. The Morgan fingerprint density at radius 3 is 2.62 bits per heavy atom. The Morgan fingerprint density at radius 1 is 1.33 bits per heavy atom. The summed E-state index contributed by atoms with van der Waals surface area (Å²) in [5.41, 5.74) is -0.0207. The fraction of sp³-hybridized carbons (Fsp3) is 0.385. The van der Waals surface area contributed by atoms with E-state index in [0.717, 1.165) is 16.9 Å². The molecule has 0 aromatic carbocycles. The monoisotopic (exact) mass is 317 g/mol. The summed E-state index contributed by atoms with van der Waals surface area (Å²) in [4.78, 5) is 7.96. The van der Waals surface area contributed by atoms with Gasteiger partial charge in [0.2, 0.25) is 5.88 Å². The van der Waals surface area contributed by atoms with Crippen molar-refractivity contribution < 1.29 is 17.9 Å². The highest BCUT2D eigenvalue weighted by Crippen LogP contribution is 2.34. The van der Waals surface area contributed by atoms with Gasteiger partial charge in [0.25, 0.3) is 0 Å². The molecule has 0 radical (unpaired) electrons. The third kappa shape index (κ3) is 3.92.